The van der Waals surface area contributed by atoms with E-state index in [2.05, 4.69) is 163 Å². The van der Waals surface area contributed by atoms with Crippen molar-refractivity contribution in [3.05, 3.63) is 155 Å². The summed E-state index contributed by atoms with van der Waals surface area (Å²) in [5.74, 6) is 0. The number of halogens is 2. The van der Waals surface area contributed by atoms with Crippen LogP contribution in [0.4, 0.5) is 0 Å². The zero-order valence-corrected chi connectivity index (χ0v) is 41.9. The second-order valence-electron chi connectivity index (χ2n) is 20.5. The van der Waals surface area contributed by atoms with Gasteiger partial charge in [0.25, 0.3) is 0 Å². The van der Waals surface area contributed by atoms with Crippen LogP contribution < -0.4 is 0 Å². The zero-order valence-electron chi connectivity index (χ0n) is 36.4. The third-order valence-corrected chi connectivity index (χ3v) is 33.4. The van der Waals surface area contributed by atoms with E-state index in [0.717, 1.165) is 0 Å². The molecule has 2 saturated carbocycles. The van der Waals surface area contributed by atoms with Gasteiger partial charge in [0.15, 0.2) is 0 Å². The van der Waals surface area contributed by atoms with Gasteiger partial charge >= 0.3 is 353 Å². The summed E-state index contributed by atoms with van der Waals surface area (Å²) in [6.45, 7) is 7.42. The number of hydrogen-bond donors (Lipinski definition) is 0. The predicted molar refractivity (Wildman–Crippen MR) is 267 cm³/mol. The van der Waals surface area contributed by atoms with Gasteiger partial charge < -0.3 is 0 Å². The van der Waals surface area contributed by atoms with Crippen molar-refractivity contribution < 1.29 is 17.4 Å². The van der Waals surface area contributed by atoms with Crippen molar-refractivity contribution in [3.8, 4) is 22.3 Å². The molecule has 0 heterocycles. The molecule has 0 spiro atoms. The summed E-state index contributed by atoms with van der Waals surface area (Å²) in [6.07, 6.45) is 21.8. The fourth-order valence-corrected chi connectivity index (χ4v) is 33.0. The molecule has 0 nitrogen and oxygen atoms in total. The van der Waals surface area contributed by atoms with Gasteiger partial charge in [-0.1, -0.05) is 0 Å². The van der Waals surface area contributed by atoms with E-state index < -0.39 is 17.4 Å². The molecule has 2 unspecified atom stereocenters. The van der Waals surface area contributed by atoms with E-state index >= 15 is 0 Å². The minimum Gasteiger partial charge on any atom is -0.147 e. The molecule has 60 heavy (non-hydrogen) atoms. The fraction of sp³-hybridized carbons (Fsp3) is 0.357. The van der Waals surface area contributed by atoms with Gasteiger partial charge in [-0.15, -0.1) is 24.8 Å². The van der Waals surface area contributed by atoms with Crippen LogP contribution in [-0.2, 0) is 17.4 Å². The number of fused-ring (bicyclic) bond motifs is 4. The maximum Gasteiger partial charge on any atom is -0.147 e. The van der Waals surface area contributed by atoms with Gasteiger partial charge in [0, 0.05) is 0 Å². The van der Waals surface area contributed by atoms with Gasteiger partial charge in [-0.05, 0) is 0 Å². The minimum absolute atomic E-state index is 0. The smallest absolute Gasteiger partial charge is 0.147 e. The molecule has 6 aromatic carbocycles. The third-order valence-electron chi connectivity index (χ3n) is 15.9. The van der Waals surface area contributed by atoms with Crippen LogP contribution in [0.15, 0.2) is 132 Å². The predicted octanol–water partition coefficient (Wildman–Crippen LogP) is 16.8. The zero-order chi connectivity index (χ0) is 39.7. The summed E-state index contributed by atoms with van der Waals surface area (Å²) in [5.41, 5.74) is 16.5. The Kier molecular flexibility index (Phi) is 12.1. The van der Waals surface area contributed by atoms with Crippen LogP contribution in [0, 0.1) is 10.8 Å². The molecule has 0 aromatic heterocycles. The monoisotopic (exact) mass is 924 g/mol. The first-order chi connectivity index (χ1) is 28.1. The Bertz CT molecular complexity index is 2530. The van der Waals surface area contributed by atoms with Crippen LogP contribution in [0.3, 0.4) is 0 Å². The molecule has 4 heteroatoms. The normalized spacial score (nSPS) is 19.9. The van der Waals surface area contributed by atoms with Crippen molar-refractivity contribution in [2.45, 2.75) is 107 Å². The Balaban J connectivity index is 0.00000249. The second-order valence-corrected chi connectivity index (χ2v) is 50.9. The van der Waals surface area contributed by atoms with E-state index in [1.165, 1.54) is 132 Å². The summed E-state index contributed by atoms with van der Waals surface area (Å²) < 4.78 is 6.86. The van der Waals surface area contributed by atoms with Crippen LogP contribution >= 0.6 is 24.8 Å². The van der Waals surface area contributed by atoms with Gasteiger partial charge in [0.2, 0.25) is 0 Å². The van der Waals surface area contributed by atoms with Crippen LogP contribution in [0.2, 0.25) is 9.26 Å². The first kappa shape index (κ1) is 43.6. The first-order valence-electron chi connectivity index (χ1n) is 22.8. The average molecular weight is 927 g/mol. The van der Waals surface area contributed by atoms with Crippen LogP contribution in [0.25, 0.3) is 56.0 Å². The van der Waals surface area contributed by atoms with Crippen LogP contribution in [0.1, 0.15) is 120 Å². The third kappa shape index (κ3) is 7.22. The van der Waals surface area contributed by atoms with Crippen molar-refractivity contribution in [2.75, 3.05) is 0 Å². The second kappa shape index (κ2) is 16.6. The molecule has 10 rings (SSSR count). The molecular weight excluding hydrogens is 863 g/mol. The molecule has 0 saturated heterocycles. The van der Waals surface area contributed by atoms with Crippen molar-refractivity contribution in [3.63, 3.8) is 0 Å². The van der Waals surface area contributed by atoms with E-state index in [-0.39, 0.29) is 24.8 Å². The SMILES string of the molecule is CCCC1(CC2=Cc3c(-c4cccc5ccccc45)cccc3[CH]2[Zr]([CH3])([CH3])(=[SiH2])[CH]2C(CC3(CCC)CCC3)=Cc3c(-c4cccc5ccccc45)cccc32)CCC1.Cl.Cl. The molecule has 0 bridgehead atoms. The van der Waals surface area contributed by atoms with Gasteiger partial charge in [-0.2, -0.15) is 0 Å². The molecule has 0 aliphatic heterocycles. The topological polar surface area (TPSA) is 0 Å². The van der Waals surface area contributed by atoms with Crippen LogP contribution in [-0.4, -0.2) is 6.88 Å². The average Bonchev–Trinajstić information content (AvgIpc) is 3.78. The summed E-state index contributed by atoms with van der Waals surface area (Å²) in [4.78, 5) is 0. The Labute approximate surface area is 375 Å². The van der Waals surface area contributed by atoms with Crippen molar-refractivity contribution in [1.29, 1.82) is 0 Å². The van der Waals surface area contributed by atoms with Gasteiger partial charge in [-0.3, -0.25) is 0 Å². The molecule has 4 aliphatic rings. The van der Waals surface area contributed by atoms with Crippen molar-refractivity contribution >= 4 is 65.4 Å². The molecule has 4 aliphatic carbocycles. The first-order valence-corrected chi connectivity index (χ1v) is 36.5. The molecular formula is C56H64Cl2SiZr. The Morgan fingerprint density at radius 3 is 1.25 bits per heavy atom. The summed E-state index contributed by atoms with van der Waals surface area (Å²) in [7, 11) is 0. The molecule has 0 radical (unpaired) electrons. The number of allylic oxidation sites excluding steroid dienone is 2. The Hall–Kier alpha value is -3.00. The van der Waals surface area contributed by atoms with E-state index in [1.54, 1.807) is 22.3 Å². The standard InChI is InChI=1S/2C27H27.2CH3.2ClH.H2Si.Zr/c2*1-2-14-27(15-7-16-27)19-20-17-22-10-6-13-25(26(22)18-20)24-12-5-9-21-8-3-4-11-23(21)24;;;;;;/h2*3-6,8-13,17-18H,2,7,14-16,19H2,1H3;2*1H3;2*1H;1H2;. The van der Waals surface area contributed by atoms with E-state index in [9.17, 15) is 0 Å². The van der Waals surface area contributed by atoms with Crippen molar-refractivity contribution in [1.82, 2.24) is 0 Å². The van der Waals surface area contributed by atoms with Gasteiger partial charge in [0.05, 0.1) is 0 Å². The number of hydrogen-bond acceptors (Lipinski definition) is 0. The molecule has 2 fully saturated rings. The van der Waals surface area contributed by atoms with Gasteiger partial charge in [0.1, 0.15) is 0 Å². The quantitative estimate of drug-likeness (QED) is 0.107. The maximum absolute atomic E-state index is 3.98. The summed E-state index contributed by atoms with van der Waals surface area (Å²) >= 11 is -3.98. The molecule has 2 atom stereocenters. The molecule has 0 amide bonds. The van der Waals surface area contributed by atoms with E-state index in [0.29, 0.717) is 18.1 Å². The minimum atomic E-state index is -3.98. The fourth-order valence-electron chi connectivity index (χ4n) is 13.3. The summed E-state index contributed by atoms with van der Waals surface area (Å²) in [5, 5.41) is 5.40. The van der Waals surface area contributed by atoms with E-state index in [1.807, 2.05) is 0 Å². The molecule has 0 N–H and O–H groups in total. The summed E-state index contributed by atoms with van der Waals surface area (Å²) in [6, 6.07) is 46.8. The Morgan fingerprint density at radius 1 is 0.500 bits per heavy atom. The number of benzene rings is 6. The van der Waals surface area contributed by atoms with Crippen molar-refractivity contribution in [2.24, 2.45) is 10.8 Å². The van der Waals surface area contributed by atoms with Gasteiger partial charge in [-0.25, -0.2) is 0 Å². The largest absolute Gasteiger partial charge is 0.147 e. The molecule has 310 valence electrons. The van der Waals surface area contributed by atoms with Crippen LogP contribution in [0.5, 0.6) is 0 Å². The maximum atomic E-state index is 2.91. The Morgan fingerprint density at radius 2 is 0.867 bits per heavy atom. The number of rotatable bonds is 12. The molecule has 6 aromatic rings. The van der Waals surface area contributed by atoms with E-state index in [4.69, 9.17) is 0 Å².